The van der Waals surface area contributed by atoms with E-state index in [0.29, 0.717) is 0 Å². The molecule has 0 amide bonds. The summed E-state index contributed by atoms with van der Waals surface area (Å²) in [6, 6.07) is 0. The van der Waals surface area contributed by atoms with Crippen molar-refractivity contribution in [3.63, 3.8) is 0 Å². The number of nitrogens with zero attached hydrogens (tertiary/aromatic N) is 1. The molecule has 2 nitrogen and oxygen atoms in total. The normalized spacial score (nSPS) is 10.7. The lowest BCUT2D eigenvalue weighted by atomic mass is 10.7. The van der Waals surface area contributed by atoms with Crippen LogP contribution in [0, 0.1) is 0 Å². The molecule has 49 valence electrons. The Bertz CT molecular complexity index is 197. The fourth-order valence-electron chi connectivity index (χ4n) is 0.622. The van der Waals surface area contributed by atoms with Gasteiger partial charge in [0.05, 0.1) is 11.2 Å². The quantitative estimate of drug-likeness (QED) is 0.610. The third-order valence-electron chi connectivity index (χ3n) is 1.09. The monoisotopic (exact) mass is 159 g/mol. The van der Waals surface area contributed by atoms with Gasteiger partial charge in [-0.15, -0.1) is 0 Å². The fourth-order valence-corrected chi connectivity index (χ4v) is 2.11. The molecule has 0 unspecified atom stereocenters. The molecule has 0 spiro atoms. The molecular formula is C5H8ClN2Si. The molecule has 1 heterocycles. The maximum absolute atomic E-state index is 5.77. The Balaban J connectivity index is 2.94. The van der Waals surface area contributed by atoms with Crippen LogP contribution in [-0.4, -0.2) is 19.0 Å². The highest BCUT2D eigenvalue weighted by Gasteiger charge is 2.06. The van der Waals surface area contributed by atoms with E-state index < -0.39 is 8.80 Å². The molecular weight excluding hydrogens is 152 g/mol. The van der Waals surface area contributed by atoms with Gasteiger partial charge in [-0.25, -0.2) is 0 Å². The van der Waals surface area contributed by atoms with Gasteiger partial charge in [0, 0.05) is 5.32 Å². The third kappa shape index (κ3) is 1.34. The summed E-state index contributed by atoms with van der Waals surface area (Å²) in [5.41, 5.74) is 0. The smallest absolute Gasteiger partial charge is 0.105 e. The van der Waals surface area contributed by atoms with E-state index in [1.807, 2.05) is 0 Å². The summed E-state index contributed by atoms with van der Waals surface area (Å²) in [6.45, 7) is 4.34. The number of rotatable bonds is 1. The van der Waals surface area contributed by atoms with E-state index in [2.05, 4.69) is 23.3 Å². The molecule has 1 radical (unpaired) electrons. The number of hydrogen-bond donors (Lipinski definition) is 1. The summed E-state index contributed by atoms with van der Waals surface area (Å²) in [5, 5.41) is 8.56. The van der Waals surface area contributed by atoms with Gasteiger partial charge in [-0.1, -0.05) is 24.7 Å². The Morgan fingerprint density at radius 3 is 2.56 bits per heavy atom. The second kappa shape index (κ2) is 2.54. The van der Waals surface area contributed by atoms with Gasteiger partial charge in [0.2, 0.25) is 0 Å². The van der Waals surface area contributed by atoms with Crippen LogP contribution in [0.4, 0.5) is 0 Å². The fraction of sp³-hybridized carbons (Fsp3) is 0.400. The molecule has 1 aromatic rings. The summed E-state index contributed by atoms with van der Waals surface area (Å²) in [5.74, 6) is 0. The van der Waals surface area contributed by atoms with Gasteiger partial charge in [0.15, 0.2) is 0 Å². The second-order valence-corrected chi connectivity index (χ2v) is 5.00. The lowest BCUT2D eigenvalue weighted by Crippen LogP contribution is -2.24. The molecule has 9 heavy (non-hydrogen) atoms. The van der Waals surface area contributed by atoms with E-state index in [0.717, 1.165) is 10.3 Å². The average molecular weight is 160 g/mol. The molecule has 1 N–H and O–H groups in total. The summed E-state index contributed by atoms with van der Waals surface area (Å²) < 4.78 is 0. The van der Waals surface area contributed by atoms with Crippen molar-refractivity contribution in [3.05, 3.63) is 11.2 Å². The molecule has 0 aliphatic carbocycles. The van der Waals surface area contributed by atoms with E-state index in [4.69, 9.17) is 11.6 Å². The van der Waals surface area contributed by atoms with Gasteiger partial charge < -0.3 is 0 Å². The van der Waals surface area contributed by atoms with Crippen LogP contribution in [-0.2, 0) is 0 Å². The maximum atomic E-state index is 5.77. The van der Waals surface area contributed by atoms with Crippen molar-refractivity contribution in [1.29, 1.82) is 0 Å². The predicted octanol–water partition coefficient (Wildman–Crippen LogP) is 1.02. The number of halogens is 1. The lowest BCUT2D eigenvalue weighted by Gasteiger charge is -1.96. The zero-order valence-electron chi connectivity index (χ0n) is 5.40. The zero-order chi connectivity index (χ0) is 6.85. The molecule has 4 heteroatoms. The molecule has 0 saturated heterocycles. The first-order chi connectivity index (χ1) is 4.22. The number of nitrogens with one attached hydrogen (secondary N) is 1. The van der Waals surface area contributed by atoms with E-state index in [1.54, 1.807) is 6.20 Å². The Hall–Kier alpha value is -0.283. The van der Waals surface area contributed by atoms with Gasteiger partial charge in [-0.2, -0.15) is 5.10 Å². The average Bonchev–Trinajstić information content (AvgIpc) is 2.13. The van der Waals surface area contributed by atoms with Crippen LogP contribution in [0.5, 0.6) is 0 Å². The Morgan fingerprint density at radius 1 is 1.67 bits per heavy atom. The van der Waals surface area contributed by atoms with E-state index >= 15 is 0 Å². The summed E-state index contributed by atoms with van der Waals surface area (Å²) in [4.78, 5) is 0. The van der Waals surface area contributed by atoms with E-state index in [9.17, 15) is 0 Å². The number of aromatic amines is 1. The van der Waals surface area contributed by atoms with E-state index in [-0.39, 0.29) is 0 Å². The Kier molecular flexibility index (Phi) is 1.93. The van der Waals surface area contributed by atoms with Crippen molar-refractivity contribution in [2.75, 3.05) is 0 Å². The molecule has 1 aromatic heterocycles. The molecule has 0 aromatic carbocycles. The van der Waals surface area contributed by atoms with Crippen LogP contribution in [0.25, 0.3) is 0 Å². The molecule has 0 fully saturated rings. The van der Waals surface area contributed by atoms with Crippen molar-refractivity contribution in [1.82, 2.24) is 10.2 Å². The topological polar surface area (TPSA) is 28.7 Å². The van der Waals surface area contributed by atoms with Gasteiger partial charge in [0.25, 0.3) is 0 Å². The largest absolute Gasteiger partial charge is 0.286 e. The molecule has 0 aliphatic heterocycles. The highest BCUT2D eigenvalue weighted by molar-refractivity contribution is 6.72. The Labute approximate surface area is 60.8 Å². The number of hydrogen-bond acceptors (Lipinski definition) is 1. The van der Waals surface area contributed by atoms with Gasteiger partial charge >= 0.3 is 0 Å². The van der Waals surface area contributed by atoms with Crippen LogP contribution in [0.1, 0.15) is 0 Å². The maximum Gasteiger partial charge on any atom is 0.105 e. The number of H-pyrrole nitrogens is 1. The van der Waals surface area contributed by atoms with Crippen LogP contribution in [0.15, 0.2) is 6.20 Å². The SMILES string of the molecule is C[Si](C)c1[nH]ncc1Cl. The van der Waals surface area contributed by atoms with Crippen LogP contribution < -0.4 is 5.32 Å². The highest BCUT2D eigenvalue weighted by atomic mass is 35.5. The summed E-state index contributed by atoms with van der Waals surface area (Å²) in [7, 11) is -0.449. The third-order valence-corrected chi connectivity index (χ3v) is 2.92. The van der Waals surface area contributed by atoms with Gasteiger partial charge in [-0.05, 0) is 0 Å². The molecule has 0 saturated carbocycles. The van der Waals surface area contributed by atoms with Crippen molar-refractivity contribution < 1.29 is 0 Å². The molecule has 0 bridgehead atoms. The first kappa shape index (κ1) is 6.83. The van der Waals surface area contributed by atoms with Crippen LogP contribution in [0.3, 0.4) is 0 Å². The van der Waals surface area contributed by atoms with Crippen molar-refractivity contribution in [2.45, 2.75) is 13.1 Å². The molecule has 1 rings (SSSR count). The van der Waals surface area contributed by atoms with Crippen molar-refractivity contribution >= 4 is 25.7 Å². The second-order valence-electron chi connectivity index (χ2n) is 2.09. The van der Waals surface area contributed by atoms with Crippen molar-refractivity contribution in [3.8, 4) is 0 Å². The Morgan fingerprint density at radius 2 is 2.33 bits per heavy atom. The highest BCUT2D eigenvalue weighted by Crippen LogP contribution is 2.00. The minimum atomic E-state index is -0.449. The van der Waals surface area contributed by atoms with Crippen molar-refractivity contribution in [2.24, 2.45) is 0 Å². The standard InChI is InChI=1S/C5H8ClN2Si/c1-9(2)5-4(6)3-7-8-5/h3H,1-2H3,(H,7,8). The molecule has 0 aliphatic rings. The summed E-state index contributed by atoms with van der Waals surface area (Å²) in [6.07, 6.45) is 1.65. The van der Waals surface area contributed by atoms with Crippen LogP contribution in [0.2, 0.25) is 18.1 Å². The zero-order valence-corrected chi connectivity index (χ0v) is 7.16. The van der Waals surface area contributed by atoms with E-state index in [1.165, 1.54) is 0 Å². The first-order valence-corrected chi connectivity index (χ1v) is 5.59. The van der Waals surface area contributed by atoms with Gasteiger partial charge in [-0.3, -0.25) is 5.10 Å². The lowest BCUT2D eigenvalue weighted by molar-refractivity contribution is 1.11. The van der Waals surface area contributed by atoms with Gasteiger partial charge in [0.1, 0.15) is 8.80 Å². The molecule has 0 atom stereocenters. The predicted molar refractivity (Wildman–Crippen MR) is 40.7 cm³/mol. The van der Waals surface area contributed by atoms with Crippen LogP contribution >= 0.6 is 11.6 Å². The minimum absolute atomic E-state index is 0.449. The summed E-state index contributed by atoms with van der Waals surface area (Å²) >= 11 is 5.77. The minimum Gasteiger partial charge on any atom is -0.286 e. The first-order valence-electron chi connectivity index (χ1n) is 2.71. The number of aromatic nitrogens is 2.